The van der Waals surface area contributed by atoms with Gasteiger partial charge in [-0.25, -0.2) is 9.50 Å². The zero-order chi connectivity index (χ0) is 19.3. The molecule has 2 N–H and O–H groups in total. The molecule has 1 aliphatic carbocycles. The number of nitrogens with one attached hydrogen (secondary N) is 2. The number of rotatable bonds is 6. The molecule has 28 heavy (non-hydrogen) atoms. The molecule has 1 atom stereocenters. The summed E-state index contributed by atoms with van der Waals surface area (Å²) in [5.74, 6) is 1.15. The fourth-order valence-electron chi connectivity index (χ4n) is 3.86. The van der Waals surface area contributed by atoms with Crippen LogP contribution in [0.2, 0.25) is 0 Å². The lowest BCUT2D eigenvalue weighted by Crippen LogP contribution is -2.38. The molecule has 0 aliphatic heterocycles. The summed E-state index contributed by atoms with van der Waals surface area (Å²) in [6.07, 6.45) is 13.2. The van der Waals surface area contributed by atoms with Crippen LogP contribution in [0.1, 0.15) is 54.9 Å². The van der Waals surface area contributed by atoms with Crippen molar-refractivity contribution >= 4 is 17.4 Å². The number of carbonyl (C=O) groups is 1. The third-order valence-electron chi connectivity index (χ3n) is 5.53. The molecule has 1 amide bonds. The Morgan fingerprint density at radius 1 is 1.25 bits per heavy atom. The first-order valence-electron chi connectivity index (χ1n) is 9.99. The Morgan fingerprint density at radius 3 is 2.89 bits per heavy atom. The lowest BCUT2D eigenvalue weighted by molar-refractivity contribution is 0.0921. The average Bonchev–Trinajstić information content (AvgIpc) is 3.17. The van der Waals surface area contributed by atoms with E-state index < -0.39 is 0 Å². The van der Waals surface area contributed by atoms with Gasteiger partial charge >= 0.3 is 0 Å². The summed E-state index contributed by atoms with van der Waals surface area (Å²) in [7, 11) is 0. The first-order chi connectivity index (χ1) is 13.7. The Hall–Kier alpha value is -2.96. The monoisotopic (exact) mass is 378 g/mol. The van der Waals surface area contributed by atoms with Crippen LogP contribution in [-0.4, -0.2) is 31.5 Å². The van der Waals surface area contributed by atoms with Crippen molar-refractivity contribution in [1.82, 2.24) is 24.9 Å². The molecule has 3 heterocycles. The molecule has 7 nitrogen and oxygen atoms in total. The van der Waals surface area contributed by atoms with Crippen molar-refractivity contribution in [2.24, 2.45) is 5.92 Å². The standard InChI is InChI=1S/C21H26N6O/c1-15(17-7-3-2-4-8-17)25-21(28)18-14-24-27-11-9-19(26-20(18)27)23-13-16-6-5-10-22-12-16/h5-6,9-12,14-15,17H,2-4,7-8,13H2,1H3,(H,23,26)(H,25,28)/t15-/m0/s1. The van der Waals surface area contributed by atoms with Crippen LogP contribution in [0.4, 0.5) is 5.82 Å². The van der Waals surface area contributed by atoms with E-state index >= 15 is 0 Å². The molecule has 0 radical (unpaired) electrons. The normalized spacial score (nSPS) is 16.0. The van der Waals surface area contributed by atoms with Crippen LogP contribution in [0.25, 0.3) is 5.65 Å². The Kier molecular flexibility index (Phi) is 5.50. The van der Waals surface area contributed by atoms with Gasteiger partial charge in [-0.3, -0.25) is 9.78 Å². The average molecular weight is 378 g/mol. The largest absolute Gasteiger partial charge is 0.366 e. The van der Waals surface area contributed by atoms with Crippen molar-refractivity contribution in [2.45, 2.75) is 51.6 Å². The Morgan fingerprint density at radius 2 is 2.11 bits per heavy atom. The topological polar surface area (TPSA) is 84.2 Å². The highest BCUT2D eigenvalue weighted by atomic mass is 16.1. The molecule has 7 heteroatoms. The molecular formula is C21H26N6O. The van der Waals surface area contributed by atoms with Gasteiger partial charge in [-0.05, 0) is 43.4 Å². The summed E-state index contributed by atoms with van der Waals surface area (Å²) in [5.41, 5.74) is 2.13. The highest BCUT2D eigenvalue weighted by Gasteiger charge is 2.23. The van der Waals surface area contributed by atoms with Crippen LogP contribution >= 0.6 is 0 Å². The zero-order valence-electron chi connectivity index (χ0n) is 16.1. The number of anilines is 1. The smallest absolute Gasteiger partial charge is 0.256 e. The van der Waals surface area contributed by atoms with Crippen LogP contribution in [0.5, 0.6) is 0 Å². The van der Waals surface area contributed by atoms with E-state index in [1.54, 1.807) is 16.9 Å². The molecule has 0 aromatic carbocycles. The summed E-state index contributed by atoms with van der Waals surface area (Å²) in [4.78, 5) is 21.5. The number of pyridine rings is 1. The minimum absolute atomic E-state index is 0.106. The number of hydrogen-bond acceptors (Lipinski definition) is 5. The second-order valence-corrected chi connectivity index (χ2v) is 7.51. The van der Waals surface area contributed by atoms with Gasteiger partial charge in [-0.2, -0.15) is 5.10 Å². The molecule has 3 aromatic rings. The van der Waals surface area contributed by atoms with E-state index in [1.165, 1.54) is 32.1 Å². The van der Waals surface area contributed by atoms with Crippen LogP contribution < -0.4 is 10.6 Å². The number of amides is 1. The van der Waals surface area contributed by atoms with Crippen molar-refractivity contribution in [3.8, 4) is 0 Å². The van der Waals surface area contributed by atoms with E-state index in [1.807, 2.05) is 30.6 Å². The molecular weight excluding hydrogens is 352 g/mol. The molecule has 0 spiro atoms. The van der Waals surface area contributed by atoms with Crippen molar-refractivity contribution in [2.75, 3.05) is 5.32 Å². The van der Waals surface area contributed by atoms with E-state index in [9.17, 15) is 4.79 Å². The van der Waals surface area contributed by atoms with E-state index in [0.717, 1.165) is 5.56 Å². The number of nitrogens with zero attached hydrogens (tertiary/aromatic N) is 4. The van der Waals surface area contributed by atoms with Gasteiger partial charge in [0.2, 0.25) is 0 Å². The number of aromatic nitrogens is 4. The molecule has 1 fully saturated rings. The van der Waals surface area contributed by atoms with Gasteiger partial charge in [-0.15, -0.1) is 0 Å². The van der Waals surface area contributed by atoms with E-state index in [-0.39, 0.29) is 11.9 Å². The fourth-order valence-corrected chi connectivity index (χ4v) is 3.86. The van der Waals surface area contributed by atoms with Gasteiger partial charge in [0.1, 0.15) is 11.4 Å². The first kappa shape index (κ1) is 18.4. The van der Waals surface area contributed by atoms with Gasteiger partial charge in [0.05, 0.1) is 6.20 Å². The Balaban J connectivity index is 1.46. The zero-order valence-corrected chi connectivity index (χ0v) is 16.1. The molecule has 1 aliphatic rings. The van der Waals surface area contributed by atoms with Gasteiger partial charge in [-0.1, -0.05) is 25.3 Å². The molecule has 1 saturated carbocycles. The predicted molar refractivity (Wildman–Crippen MR) is 108 cm³/mol. The van der Waals surface area contributed by atoms with Gasteiger partial charge in [0.15, 0.2) is 5.65 Å². The van der Waals surface area contributed by atoms with Gasteiger partial charge in [0.25, 0.3) is 5.91 Å². The Labute approximate surface area is 164 Å². The SMILES string of the molecule is C[C@H](NC(=O)c1cnn2ccc(NCc3cccnc3)nc12)C1CCCCC1. The maximum Gasteiger partial charge on any atom is 0.256 e. The highest BCUT2D eigenvalue weighted by Crippen LogP contribution is 2.26. The van der Waals surface area contributed by atoms with Gasteiger partial charge < -0.3 is 10.6 Å². The number of hydrogen-bond donors (Lipinski definition) is 2. The highest BCUT2D eigenvalue weighted by molar-refractivity contribution is 5.99. The summed E-state index contributed by atoms with van der Waals surface area (Å²) in [6.45, 7) is 2.72. The third kappa shape index (κ3) is 4.13. The van der Waals surface area contributed by atoms with Crippen LogP contribution in [-0.2, 0) is 6.54 Å². The van der Waals surface area contributed by atoms with E-state index in [4.69, 9.17) is 0 Å². The third-order valence-corrected chi connectivity index (χ3v) is 5.53. The van der Waals surface area contributed by atoms with Crippen molar-refractivity contribution in [3.63, 3.8) is 0 Å². The second kappa shape index (κ2) is 8.37. The molecule has 0 unspecified atom stereocenters. The van der Waals surface area contributed by atoms with Gasteiger partial charge in [0, 0.05) is 31.2 Å². The van der Waals surface area contributed by atoms with Crippen LogP contribution in [0.3, 0.4) is 0 Å². The molecule has 146 valence electrons. The predicted octanol–water partition coefficient (Wildman–Crippen LogP) is 3.44. The second-order valence-electron chi connectivity index (χ2n) is 7.51. The summed E-state index contributed by atoms with van der Waals surface area (Å²) in [6, 6.07) is 5.92. The summed E-state index contributed by atoms with van der Waals surface area (Å²) < 4.78 is 1.63. The first-order valence-corrected chi connectivity index (χ1v) is 9.99. The minimum Gasteiger partial charge on any atom is -0.366 e. The number of fused-ring (bicyclic) bond motifs is 1. The molecule has 3 aromatic heterocycles. The lowest BCUT2D eigenvalue weighted by Gasteiger charge is -2.28. The van der Waals surface area contributed by atoms with Crippen LogP contribution in [0.15, 0.2) is 43.0 Å². The maximum absolute atomic E-state index is 12.8. The lowest BCUT2D eigenvalue weighted by atomic mass is 9.84. The van der Waals surface area contributed by atoms with Crippen molar-refractivity contribution < 1.29 is 4.79 Å². The summed E-state index contributed by atoms with van der Waals surface area (Å²) >= 11 is 0. The quantitative estimate of drug-likeness (QED) is 0.686. The van der Waals surface area contributed by atoms with Crippen molar-refractivity contribution in [3.05, 3.63) is 54.1 Å². The Bertz CT molecular complexity index is 932. The maximum atomic E-state index is 12.8. The van der Waals surface area contributed by atoms with E-state index in [0.29, 0.717) is 29.5 Å². The van der Waals surface area contributed by atoms with Crippen LogP contribution in [0, 0.1) is 5.92 Å². The molecule has 4 rings (SSSR count). The molecule has 0 bridgehead atoms. The van der Waals surface area contributed by atoms with Crippen molar-refractivity contribution in [1.29, 1.82) is 0 Å². The molecule has 0 saturated heterocycles. The summed E-state index contributed by atoms with van der Waals surface area (Å²) in [5, 5.41) is 10.7. The fraction of sp³-hybridized carbons (Fsp3) is 0.429. The van der Waals surface area contributed by atoms with E-state index in [2.05, 4.69) is 32.6 Å². The minimum atomic E-state index is -0.106. The number of carbonyl (C=O) groups excluding carboxylic acids is 1.